The largest absolute Gasteiger partial charge is 0.496 e. The second kappa shape index (κ2) is 7.34. The SMILES string of the molecule is COc1cc2c(cc1/C=C1/SC(=Nc3cccc(Cl)c3Cl)NC1=O)OCO2. The van der Waals surface area contributed by atoms with E-state index in [9.17, 15) is 4.79 Å². The van der Waals surface area contributed by atoms with Crippen molar-refractivity contribution in [3.8, 4) is 17.2 Å². The molecule has 0 saturated carbocycles. The van der Waals surface area contributed by atoms with E-state index in [0.717, 1.165) is 0 Å². The molecule has 2 aromatic carbocycles. The normalized spacial score (nSPS) is 18.3. The van der Waals surface area contributed by atoms with E-state index in [1.807, 2.05) is 0 Å². The summed E-state index contributed by atoms with van der Waals surface area (Å²) in [5.41, 5.74) is 1.18. The fraction of sp³-hybridized carbons (Fsp3) is 0.111. The van der Waals surface area contributed by atoms with Crippen LogP contribution in [-0.2, 0) is 4.79 Å². The van der Waals surface area contributed by atoms with Crippen molar-refractivity contribution in [3.63, 3.8) is 0 Å². The number of rotatable bonds is 3. The summed E-state index contributed by atoms with van der Waals surface area (Å²) < 4.78 is 16.1. The van der Waals surface area contributed by atoms with Gasteiger partial charge in [0.1, 0.15) is 5.75 Å². The van der Waals surface area contributed by atoms with Gasteiger partial charge in [-0.2, -0.15) is 0 Å². The van der Waals surface area contributed by atoms with Gasteiger partial charge in [-0.05, 0) is 36.0 Å². The third kappa shape index (κ3) is 3.58. The molecular formula is C18H12Cl2N2O4S. The predicted octanol–water partition coefficient (Wildman–Crippen LogP) is 4.62. The molecule has 1 saturated heterocycles. The van der Waals surface area contributed by atoms with Crippen LogP contribution in [0.15, 0.2) is 40.2 Å². The molecule has 2 aliphatic heterocycles. The molecule has 4 rings (SSSR count). The molecule has 9 heteroatoms. The minimum absolute atomic E-state index is 0.158. The first-order chi connectivity index (χ1) is 13.0. The third-order valence-electron chi connectivity index (χ3n) is 3.82. The predicted molar refractivity (Wildman–Crippen MR) is 106 cm³/mol. The highest BCUT2D eigenvalue weighted by molar-refractivity contribution is 8.18. The molecule has 2 aliphatic rings. The Kier molecular flexibility index (Phi) is 4.90. The highest BCUT2D eigenvalue weighted by atomic mass is 35.5. The van der Waals surface area contributed by atoms with Crippen molar-refractivity contribution < 1.29 is 19.0 Å². The first kappa shape index (κ1) is 18.0. The van der Waals surface area contributed by atoms with Crippen LogP contribution in [0.4, 0.5) is 5.69 Å². The summed E-state index contributed by atoms with van der Waals surface area (Å²) in [4.78, 5) is 17.2. The van der Waals surface area contributed by atoms with E-state index in [-0.39, 0.29) is 12.7 Å². The van der Waals surface area contributed by atoms with Crippen LogP contribution < -0.4 is 19.5 Å². The molecule has 138 valence electrons. The number of carbonyl (C=O) groups excluding carboxylic acids is 1. The van der Waals surface area contributed by atoms with Crippen LogP contribution in [-0.4, -0.2) is 25.0 Å². The van der Waals surface area contributed by atoms with Gasteiger partial charge in [-0.1, -0.05) is 29.3 Å². The van der Waals surface area contributed by atoms with E-state index in [2.05, 4.69) is 10.3 Å². The molecule has 0 spiro atoms. The summed E-state index contributed by atoms with van der Waals surface area (Å²) in [5.74, 6) is 1.51. The number of thioether (sulfide) groups is 1. The maximum absolute atomic E-state index is 12.3. The molecule has 0 radical (unpaired) electrons. The molecule has 0 unspecified atom stereocenters. The summed E-state index contributed by atoms with van der Waals surface area (Å²) in [5, 5.41) is 3.86. The Balaban J connectivity index is 1.65. The Morgan fingerprint density at radius 2 is 2.04 bits per heavy atom. The van der Waals surface area contributed by atoms with Crippen molar-refractivity contribution in [2.24, 2.45) is 4.99 Å². The van der Waals surface area contributed by atoms with E-state index >= 15 is 0 Å². The first-order valence-electron chi connectivity index (χ1n) is 7.76. The number of ether oxygens (including phenoxy) is 3. The first-order valence-corrected chi connectivity index (χ1v) is 9.33. The van der Waals surface area contributed by atoms with Crippen LogP contribution in [0.5, 0.6) is 17.2 Å². The van der Waals surface area contributed by atoms with Gasteiger partial charge in [0.2, 0.25) is 6.79 Å². The Morgan fingerprint density at radius 1 is 1.26 bits per heavy atom. The number of aliphatic imine (C=N–C) groups is 1. The van der Waals surface area contributed by atoms with Crippen molar-refractivity contribution in [2.45, 2.75) is 0 Å². The van der Waals surface area contributed by atoms with Crippen LogP contribution >= 0.6 is 35.0 Å². The fourth-order valence-electron chi connectivity index (χ4n) is 2.54. The highest BCUT2D eigenvalue weighted by Gasteiger charge is 2.25. The molecule has 0 aromatic heterocycles. The number of fused-ring (bicyclic) bond motifs is 1. The smallest absolute Gasteiger partial charge is 0.264 e. The second-order valence-electron chi connectivity index (χ2n) is 5.50. The van der Waals surface area contributed by atoms with Gasteiger partial charge < -0.3 is 19.5 Å². The molecule has 0 atom stereocenters. The minimum Gasteiger partial charge on any atom is -0.496 e. The monoisotopic (exact) mass is 422 g/mol. The number of methoxy groups -OCH3 is 1. The lowest BCUT2D eigenvalue weighted by molar-refractivity contribution is -0.115. The quantitative estimate of drug-likeness (QED) is 0.730. The van der Waals surface area contributed by atoms with Crippen LogP contribution in [0.2, 0.25) is 10.0 Å². The Labute approximate surface area is 169 Å². The summed E-state index contributed by atoms with van der Waals surface area (Å²) in [6, 6.07) is 8.63. The third-order valence-corrected chi connectivity index (χ3v) is 5.53. The maximum atomic E-state index is 12.3. The molecule has 1 amide bonds. The fourth-order valence-corrected chi connectivity index (χ4v) is 3.70. The van der Waals surface area contributed by atoms with E-state index in [1.165, 1.54) is 11.8 Å². The molecule has 1 fully saturated rings. The minimum atomic E-state index is -0.267. The van der Waals surface area contributed by atoms with E-state index in [1.54, 1.807) is 43.5 Å². The number of hydrogen-bond acceptors (Lipinski definition) is 6. The molecule has 0 aliphatic carbocycles. The van der Waals surface area contributed by atoms with Gasteiger partial charge in [-0.25, -0.2) is 4.99 Å². The van der Waals surface area contributed by atoms with Crippen molar-refractivity contribution >= 4 is 57.8 Å². The van der Waals surface area contributed by atoms with Crippen molar-refractivity contribution in [2.75, 3.05) is 13.9 Å². The number of carbonyl (C=O) groups is 1. The topological polar surface area (TPSA) is 69.2 Å². The molecular weight excluding hydrogens is 411 g/mol. The van der Waals surface area contributed by atoms with Crippen molar-refractivity contribution in [1.82, 2.24) is 5.32 Å². The van der Waals surface area contributed by atoms with E-state index in [4.69, 9.17) is 37.4 Å². The van der Waals surface area contributed by atoms with Gasteiger partial charge in [0.25, 0.3) is 5.91 Å². The lowest BCUT2D eigenvalue weighted by atomic mass is 10.1. The van der Waals surface area contributed by atoms with Gasteiger partial charge >= 0.3 is 0 Å². The number of amidine groups is 1. The van der Waals surface area contributed by atoms with Crippen LogP contribution in [0.1, 0.15) is 5.56 Å². The Hall–Kier alpha value is -2.35. The number of nitrogens with one attached hydrogen (secondary N) is 1. The summed E-state index contributed by atoms with van der Waals surface area (Å²) in [6.45, 7) is 0.158. The number of nitrogens with zero attached hydrogens (tertiary/aromatic N) is 1. The highest BCUT2D eigenvalue weighted by Crippen LogP contribution is 2.40. The number of amides is 1. The van der Waals surface area contributed by atoms with Crippen LogP contribution in [0.25, 0.3) is 6.08 Å². The van der Waals surface area contributed by atoms with E-state index < -0.39 is 0 Å². The second-order valence-corrected chi connectivity index (χ2v) is 7.32. The standard InChI is InChI=1S/C18H12Cl2N2O4S/c1-24-12-7-14-13(25-8-26-14)5-9(12)6-15-17(23)22-18(27-15)21-11-4-2-3-10(19)16(11)20/h2-7H,8H2,1H3,(H,21,22,23)/b15-6+. The Bertz CT molecular complexity index is 1010. The Morgan fingerprint density at radius 3 is 2.81 bits per heavy atom. The van der Waals surface area contributed by atoms with Gasteiger partial charge in [0.05, 0.1) is 27.7 Å². The maximum Gasteiger partial charge on any atom is 0.264 e. The lowest BCUT2D eigenvalue weighted by Crippen LogP contribution is -2.19. The zero-order chi connectivity index (χ0) is 19.0. The van der Waals surface area contributed by atoms with E-state index in [0.29, 0.717) is 48.6 Å². The van der Waals surface area contributed by atoms with Crippen LogP contribution in [0.3, 0.4) is 0 Å². The molecule has 0 bridgehead atoms. The average molecular weight is 423 g/mol. The van der Waals surface area contributed by atoms with Gasteiger partial charge in [-0.15, -0.1) is 0 Å². The molecule has 1 N–H and O–H groups in total. The number of benzene rings is 2. The summed E-state index contributed by atoms with van der Waals surface area (Å²) >= 11 is 13.3. The molecule has 2 heterocycles. The summed E-state index contributed by atoms with van der Waals surface area (Å²) in [6.07, 6.45) is 1.71. The lowest BCUT2D eigenvalue weighted by Gasteiger charge is -2.06. The van der Waals surface area contributed by atoms with Gasteiger partial charge in [0, 0.05) is 11.6 Å². The average Bonchev–Trinajstić information content (AvgIpc) is 3.24. The van der Waals surface area contributed by atoms with Gasteiger partial charge in [0.15, 0.2) is 16.7 Å². The number of hydrogen-bond donors (Lipinski definition) is 1. The van der Waals surface area contributed by atoms with Crippen molar-refractivity contribution in [1.29, 1.82) is 0 Å². The molecule has 2 aromatic rings. The zero-order valence-corrected chi connectivity index (χ0v) is 16.2. The van der Waals surface area contributed by atoms with Gasteiger partial charge in [-0.3, -0.25) is 4.79 Å². The van der Waals surface area contributed by atoms with Crippen molar-refractivity contribution in [3.05, 3.63) is 50.8 Å². The number of halogens is 2. The zero-order valence-electron chi connectivity index (χ0n) is 13.9. The summed E-state index contributed by atoms with van der Waals surface area (Å²) in [7, 11) is 1.55. The molecule has 27 heavy (non-hydrogen) atoms. The molecule has 6 nitrogen and oxygen atoms in total. The van der Waals surface area contributed by atoms with Crippen LogP contribution in [0, 0.1) is 0 Å².